The third-order valence-electron chi connectivity index (χ3n) is 4.95. The van der Waals surface area contributed by atoms with Gasteiger partial charge < -0.3 is 0 Å². The van der Waals surface area contributed by atoms with Crippen molar-refractivity contribution in [2.75, 3.05) is 13.1 Å². The predicted molar refractivity (Wildman–Crippen MR) is 78.1 cm³/mol. The van der Waals surface area contributed by atoms with Crippen molar-refractivity contribution in [3.8, 4) is 0 Å². The van der Waals surface area contributed by atoms with Crippen LogP contribution in [0.1, 0.15) is 19.4 Å². The van der Waals surface area contributed by atoms with E-state index in [1.54, 1.807) is 6.07 Å². The molecule has 1 heterocycles. The summed E-state index contributed by atoms with van der Waals surface area (Å²) in [5.74, 6) is 0.740. The monoisotopic (exact) mass is 310 g/mol. The Labute approximate surface area is 124 Å². The van der Waals surface area contributed by atoms with Crippen molar-refractivity contribution in [1.29, 1.82) is 0 Å². The van der Waals surface area contributed by atoms with Crippen molar-refractivity contribution in [2.24, 2.45) is 17.3 Å². The molecule has 6 nitrogen and oxygen atoms in total. The maximum Gasteiger partial charge on any atom is 0.269 e. The number of fused-ring (bicyclic) bond motifs is 1. The molecule has 114 valence electrons. The van der Waals surface area contributed by atoms with E-state index in [-0.39, 0.29) is 16.9 Å². The quantitative estimate of drug-likeness (QED) is 0.629. The van der Waals surface area contributed by atoms with Gasteiger partial charge in [-0.2, -0.15) is 0 Å². The van der Waals surface area contributed by atoms with Gasteiger partial charge in [0.25, 0.3) is 5.69 Å². The highest BCUT2D eigenvalue weighted by molar-refractivity contribution is 7.88. The largest absolute Gasteiger partial charge is 0.269 e. The lowest BCUT2D eigenvalue weighted by molar-refractivity contribution is -0.384. The number of nitro groups is 1. The maximum atomic E-state index is 12.4. The summed E-state index contributed by atoms with van der Waals surface area (Å²) in [6.45, 7) is 5.50. The number of benzene rings is 1. The molecule has 2 aliphatic rings. The normalized spacial score (nSPS) is 27.3. The average molecular weight is 310 g/mol. The summed E-state index contributed by atoms with van der Waals surface area (Å²) in [6, 6.07) is 5.83. The highest BCUT2D eigenvalue weighted by Crippen LogP contribution is 2.62. The Morgan fingerprint density at radius 3 is 2.52 bits per heavy atom. The molecule has 0 spiro atoms. The first-order valence-corrected chi connectivity index (χ1v) is 8.54. The van der Waals surface area contributed by atoms with E-state index in [1.807, 2.05) is 0 Å². The van der Waals surface area contributed by atoms with Crippen molar-refractivity contribution < 1.29 is 13.3 Å². The molecule has 1 aromatic carbocycles. The first-order chi connectivity index (χ1) is 9.72. The topological polar surface area (TPSA) is 80.5 Å². The molecule has 0 N–H and O–H groups in total. The van der Waals surface area contributed by atoms with Crippen molar-refractivity contribution in [3.63, 3.8) is 0 Å². The molecule has 2 fully saturated rings. The second-order valence-electron chi connectivity index (χ2n) is 6.53. The van der Waals surface area contributed by atoms with Crippen LogP contribution in [-0.4, -0.2) is 30.7 Å². The van der Waals surface area contributed by atoms with Gasteiger partial charge in [-0.3, -0.25) is 10.1 Å². The van der Waals surface area contributed by atoms with E-state index in [2.05, 4.69) is 13.8 Å². The lowest BCUT2D eigenvalue weighted by Crippen LogP contribution is -2.33. The molecule has 0 bridgehead atoms. The molecule has 1 saturated carbocycles. The minimum absolute atomic E-state index is 0.0758. The molecule has 2 atom stereocenters. The smallest absolute Gasteiger partial charge is 0.258 e. The van der Waals surface area contributed by atoms with Gasteiger partial charge in [0, 0.05) is 25.2 Å². The van der Waals surface area contributed by atoms with Crippen LogP contribution in [0.4, 0.5) is 5.69 Å². The molecule has 1 saturated heterocycles. The third-order valence-corrected chi connectivity index (χ3v) is 6.74. The second-order valence-corrected chi connectivity index (χ2v) is 8.50. The Morgan fingerprint density at radius 2 is 1.95 bits per heavy atom. The van der Waals surface area contributed by atoms with Crippen LogP contribution in [0, 0.1) is 27.4 Å². The fourth-order valence-corrected chi connectivity index (χ4v) is 4.94. The van der Waals surface area contributed by atoms with E-state index in [4.69, 9.17) is 0 Å². The minimum atomic E-state index is -3.40. The Bertz CT molecular complexity index is 685. The van der Waals surface area contributed by atoms with Crippen LogP contribution in [-0.2, 0) is 15.8 Å². The molecular formula is C14H18N2O4S. The zero-order valence-corrected chi connectivity index (χ0v) is 12.8. The summed E-state index contributed by atoms with van der Waals surface area (Å²) >= 11 is 0. The summed E-state index contributed by atoms with van der Waals surface area (Å²) in [6.07, 6.45) is 0. The Balaban J connectivity index is 1.73. The summed E-state index contributed by atoms with van der Waals surface area (Å²) in [7, 11) is -3.40. The fourth-order valence-electron chi connectivity index (χ4n) is 3.38. The number of rotatable bonds is 4. The molecule has 0 amide bonds. The van der Waals surface area contributed by atoms with Gasteiger partial charge in [-0.25, -0.2) is 12.7 Å². The van der Waals surface area contributed by atoms with E-state index in [0.717, 1.165) is 0 Å². The number of sulfonamides is 1. The van der Waals surface area contributed by atoms with Gasteiger partial charge in [0.05, 0.1) is 10.7 Å². The van der Waals surface area contributed by atoms with Gasteiger partial charge in [-0.05, 0) is 22.8 Å². The number of hydrogen-bond acceptors (Lipinski definition) is 4. The first kappa shape index (κ1) is 14.5. The number of piperidine rings is 1. The lowest BCUT2D eigenvalue weighted by atomic mass is 10.1. The number of nitro benzene ring substituents is 1. The molecule has 21 heavy (non-hydrogen) atoms. The van der Waals surface area contributed by atoms with Crippen LogP contribution < -0.4 is 0 Å². The molecule has 1 aliphatic heterocycles. The van der Waals surface area contributed by atoms with Crippen molar-refractivity contribution in [2.45, 2.75) is 19.6 Å². The Kier molecular flexibility index (Phi) is 3.11. The van der Waals surface area contributed by atoms with Crippen LogP contribution in [0.5, 0.6) is 0 Å². The van der Waals surface area contributed by atoms with E-state index < -0.39 is 14.9 Å². The highest BCUT2D eigenvalue weighted by Gasteiger charge is 2.63. The van der Waals surface area contributed by atoms with Crippen LogP contribution in [0.15, 0.2) is 24.3 Å². The van der Waals surface area contributed by atoms with Crippen LogP contribution in [0.25, 0.3) is 0 Å². The van der Waals surface area contributed by atoms with Gasteiger partial charge in [0.1, 0.15) is 0 Å². The summed E-state index contributed by atoms with van der Waals surface area (Å²) < 4.78 is 26.4. The Hall–Kier alpha value is -1.47. The third kappa shape index (κ3) is 2.44. The molecule has 0 aromatic heterocycles. The van der Waals surface area contributed by atoms with Crippen molar-refractivity contribution in [1.82, 2.24) is 4.31 Å². The minimum Gasteiger partial charge on any atom is -0.258 e. The van der Waals surface area contributed by atoms with Crippen molar-refractivity contribution >= 4 is 15.7 Å². The zero-order chi connectivity index (χ0) is 15.4. The number of hydrogen-bond donors (Lipinski definition) is 0. The average Bonchev–Trinajstić information content (AvgIpc) is 2.80. The molecule has 0 radical (unpaired) electrons. The van der Waals surface area contributed by atoms with Gasteiger partial charge in [0.15, 0.2) is 0 Å². The van der Waals surface area contributed by atoms with Crippen LogP contribution in [0.3, 0.4) is 0 Å². The standard InChI is InChI=1S/C14H18N2O4S/c1-14(2)12-7-15(8-13(12)14)21(19,20)9-10-4-3-5-11(6-10)16(17)18/h3-6,12-13H,7-9H2,1-2H3/t12-,13-/m1/s1. The molecular weight excluding hydrogens is 292 g/mol. The Morgan fingerprint density at radius 1 is 1.33 bits per heavy atom. The van der Waals surface area contributed by atoms with E-state index in [9.17, 15) is 18.5 Å². The highest BCUT2D eigenvalue weighted by atomic mass is 32.2. The van der Waals surface area contributed by atoms with E-state index in [0.29, 0.717) is 30.5 Å². The fraction of sp³-hybridized carbons (Fsp3) is 0.571. The molecule has 3 rings (SSSR count). The lowest BCUT2D eigenvalue weighted by Gasteiger charge is -2.21. The van der Waals surface area contributed by atoms with Gasteiger partial charge >= 0.3 is 0 Å². The van der Waals surface area contributed by atoms with Gasteiger partial charge in [0.2, 0.25) is 10.0 Å². The van der Waals surface area contributed by atoms with E-state index in [1.165, 1.54) is 22.5 Å². The maximum absolute atomic E-state index is 12.4. The molecule has 7 heteroatoms. The zero-order valence-electron chi connectivity index (χ0n) is 12.0. The predicted octanol–water partition coefficient (Wildman–Crippen LogP) is 2.01. The summed E-state index contributed by atoms with van der Waals surface area (Å²) in [4.78, 5) is 10.2. The second kappa shape index (κ2) is 4.51. The molecule has 0 unspecified atom stereocenters. The summed E-state index contributed by atoms with van der Waals surface area (Å²) in [5, 5.41) is 10.7. The number of nitrogens with zero attached hydrogens (tertiary/aromatic N) is 2. The SMILES string of the molecule is CC1(C)[C@@H]2CN(S(=O)(=O)Cc3cccc([N+](=O)[O-])c3)C[C@H]21. The molecule has 1 aromatic rings. The van der Waals surface area contributed by atoms with Gasteiger partial charge in [-0.15, -0.1) is 0 Å². The van der Waals surface area contributed by atoms with Crippen LogP contribution >= 0.6 is 0 Å². The first-order valence-electron chi connectivity index (χ1n) is 6.93. The van der Waals surface area contributed by atoms with Crippen molar-refractivity contribution in [3.05, 3.63) is 39.9 Å². The van der Waals surface area contributed by atoms with E-state index >= 15 is 0 Å². The molecule has 1 aliphatic carbocycles. The van der Waals surface area contributed by atoms with Gasteiger partial charge in [-0.1, -0.05) is 26.0 Å². The number of non-ortho nitro benzene ring substituents is 1. The van der Waals surface area contributed by atoms with Crippen LogP contribution in [0.2, 0.25) is 0 Å². The summed E-state index contributed by atoms with van der Waals surface area (Å²) in [5.41, 5.74) is 0.648.